The molecular formula is C15H26N2O2. The van der Waals surface area contributed by atoms with Crippen LogP contribution in [0.4, 0.5) is 0 Å². The SMILES string of the molecule is CC(O)CCc1nc(C2CCC(C(C)C)CC2)no1. The molecule has 0 bridgehead atoms. The van der Waals surface area contributed by atoms with Gasteiger partial charge in [0.05, 0.1) is 6.10 Å². The van der Waals surface area contributed by atoms with Gasteiger partial charge in [0.2, 0.25) is 5.89 Å². The van der Waals surface area contributed by atoms with Crippen molar-refractivity contribution in [3.63, 3.8) is 0 Å². The molecule has 1 N–H and O–H groups in total. The molecule has 1 fully saturated rings. The van der Waals surface area contributed by atoms with Gasteiger partial charge < -0.3 is 9.63 Å². The fraction of sp³-hybridized carbons (Fsp3) is 0.867. The van der Waals surface area contributed by atoms with E-state index in [0.29, 0.717) is 24.7 Å². The first kappa shape index (κ1) is 14.5. The molecule has 1 aliphatic rings. The Balaban J connectivity index is 1.86. The van der Waals surface area contributed by atoms with Crippen molar-refractivity contribution < 1.29 is 9.63 Å². The number of rotatable bonds is 5. The Morgan fingerprint density at radius 2 is 1.89 bits per heavy atom. The minimum absolute atomic E-state index is 0.308. The maximum atomic E-state index is 9.26. The van der Waals surface area contributed by atoms with Gasteiger partial charge in [-0.15, -0.1) is 0 Å². The summed E-state index contributed by atoms with van der Waals surface area (Å²) < 4.78 is 5.27. The molecule has 1 heterocycles. The van der Waals surface area contributed by atoms with Gasteiger partial charge in [-0.2, -0.15) is 4.98 Å². The number of aliphatic hydroxyl groups is 1. The van der Waals surface area contributed by atoms with Gasteiger partial charge in [-0.05, 0) is 50.9 Å². The van der Waals surface area contributed by atoms with Crippen LogP contribution in [0.5, 0.6) is 0 Å². The lowest BCUT2D eigenvalue weighted by atomic mass is 9.77. The summed E-state index contributed by atoms with van der Waals surface area (Å²) in [5.41, 5.74) is 0. The average molecular weight is 266 g/mol. The lowest BCUT2D eigenvalue weighted by Crippen LogP contribution is -2.18. The lowest BCUT2D eigenvalue weighted by Gasteiger charge is -2.29. The second-order valence-corrected chi connectivity index (χ2v) is 6.29. The minimum Gasteiger partial charge on any atom is -0.393 e. The summed E-state index contributed by atoms with van der Waals surface area (Å²) in [7, 11) is 0. The standard InChI is InChI=1S/C15H26N2O2/c1-10(2)12-5-7-13(8-6-12)15-16-14(19-17-15)9-4-11(3)18/h10-13,18H,4-9H2,1-3H3. The Morgan fingerprint density at radius 1 is 1.21 bits per heavy atom. The Morgan fingerprint density at radius 3 is 2.47 bits per heavy atom. The summed E-state index contributed by atoms with van der Waals surface area (Å²) in [5, 5.41) is 13.4. The first-order valence-electron chi connectivity index (χ1n) is 7.56. The smallest absolute Gasteiger partial charge is 0.226 e. The first-order valence-corrected chi connectivity index (χ1v) is 7.56. The zero-order chi connectivity index (χ0) is 13.8. The van der Waals surface area contributed by atoms with Crippen molar-refractivity contribution in [2.45, 2.75) is 71.3 Å². The molecular weight excluding hydrogens is 240 g/mol. The lowest BCUT2D eigenvalue weighted by molar-refractivity contribution is 0.180. The maximum absolute atomic E-state index is 9.26. The highest BCUT2D eigenvalue weighted by molar-refractivity contribution is 4.98. The summed E-state index contributed by atoms with van der Waals surface area (Å²) in [5.74, 6) is 3.66. The van der Waals surface area contributed by atoms with Crippen LogP contribution in [0.2, 0.25) is 0 Å². The second-order valence-electron chi connectivity index (χ2n) is 6.29. The highest BCUT2D eigenvalue weighted by atomic mass is 16.5. The molecule has 0 saturated heterocycles. The van der Waals surface area contributed by atoms with E-state index >= 15 is 0 Å². The van der Waals surface area contributed by atoms with Crippen LogP contribution in [0.15, 0.2) is 4.52 Å². The number of hydrogen-bond donors (Lipinski definition) is 1. The fourth-order valence-electron chi connectivity index (χ4n) is 2.91. The molecule has 1 aromatic heterocycles. The van der Waals surface area contributed by atoms with Crippen LogP contribution < -0.4 is 0 Å². The third kappa shape index (κ3) is 4.03. The molecule has 2 rings (SSSR count). The molecule has 0 amide bonds. The normalized spacial score (nSPS) is 25.7. The summed E-state index contributed by atoms with van der Waals surface area (Å²) in [6.07, 6.45) is 5.96. The molecule has 1 saturated carbocycles. The van der Waals surface area contributed by atoms with Crippen LogP contribution in [0.1, 0.15) is 70.5 Å². The molecule has 1 aliphatic carbocycles. The van der Waals surface area contributed by atoms with E-state index in [9.17, 15) is 5.11 Å². The number of aromatic nitrogens is 2. The predicted molar refractivity (Wildman–Crippen MR) is 73.8 cm³/mol. The molecule has 0 spiro atoms. The molecule has 0 aromatic carbocycles. The van der Waals surface area contributed by atoms with Crippen LogP contribution >= 0.6 is 0 Å². The third-order valence-corrected chi connectivity index (χ3v) is 4.34. The molecule has 0 radical (unpaired) electrons. The third-order valence-electron chi connectivity index (χ3n) is 4.34. The van der Waals surface area contributed by atoms with E-state index in [2.05, 4.69) is 24.0 Å². The zero-order valence-corrected chi connectivity index (χ0v) is 12.3. The van der Waals surface area contributed by atoms with Gasteiger partial charge in [-0.25, -0.2) is 0 Å². The predicted octanol–water partition coefficient (Wildman–Crippen LogP) is 3.31. The molecule has 108 valence electrons. The molecule has 4 nitrogen and oxygen atoms in total. The van der Waals surface area contributed by atoms with Crippen LogP contribution in [0.25, 0.3) is 0 Å². The molecule has 1 aromatic rings. The Labute approximate surface area is 115 Å². The van der Waals surface area contributed by atoms with Crippen molar-refractivity contribution in [2.75, 3.05) is 0 Å². The second kappa shape index (κ2) is 6.51. The zero-order valence-electron chi connectivity index (χ0n) is 12.3. The highest BCUT2D eigenvalue weighted by Crippen LogP contribution is 2.37. The van der Waals surface area contributed by atoms with Gasteiger partial charge in [0.1, 0.15) is 0 Å². The number of aliphatic hydroxyl groups excluding tert-OH is 1. The van der Waals surface area contributed by atoms with Gasteiger partial charge in [0, 0.05) is 12.3 Å². The van der Waals surface area contributed by atoms with Crippen molar-refractivity contribution >= 4 is 0 Å². The summed E-state index contributed by atoms with van der Waals surface area (Å²) >= 11 is 0. The minimum atomic E-state index is -0.308. The monoisotopic (exact) mass is 266 g/mol. The largest absolute Gasteiger partial charge is 0.393 e. The Hall–Kier alpha value is -0.900. The highest BCUT2D eigenvalue weighted by Gasteiger charge is 2.27. The average Bonchev–Trinajstić information content (AvgIpc) is 2.85. The van der Waals surface area contributed by atoms with Gasteiger partial charge in [0.25, 0.3) is 0 Å². The summed E-state index contributed by atoms with van der Waals surface area (Å²) in [4.78, 5) is 4.49. The van der Waals surface area contributed by atoms with Crippen LogP contribution in [-0.4, -0.2) is 21.4 Å². The van der Waals surface area contributed by atoms with E-state index in [1.807, 2.05) is 0 Å². The van der Waals surface area contributed by atoms with E-state index in [-0.39, 0.29) is 6.10 Å². The van der Waals surface area contributed by atoms with Gasteiger partial charge in [0.15, 0.2) is 5.82 Å². The van der Waals surface area contributed by atoms with E-state index in [0.717, 1.165) is 17.7 Å². The van der Waals surface area contributed by atoms with Crippen molar-refractivity contribution in [2.24, 2.45) is 11.8 Å². The van der Waals surface area contributed by atoms with Crippen molar-refractivity contribution in [1.82, 2.24) is 10.1 Å². The quantitative estimate of drug-likeness (QED) is 0.888. The molecule has 1 atom stereocenters. The Kier molecular flexibility index (Phi) is 4.97. The van der Waals surface area contributed by atoms with E-state index in [1.54, 1.807) is 6.92 Å². The van der Waals surface area contributed by atoms with Crippen LogP contribution in [0, 0.1) is 11.8 Å². The van der Waals surface area contributed by atoms with Gasteiger partial charge in [-0.1, -0.05) is 19.0 Å². The molecule has 4 heteroatoms. The van der Waals surface area contributed by atoms with Crippen molar-refractivity contribution in [3.8, 4) is 0 Å². The van der Waals surface area contributed by atoms with E-state index in [1.165, 1.54) is 25.7 Å². The molecule has 1 unspecified atom stereocenters. The summed E-state index contributed by atoms with van der Waals surface area (Å²) in [6, 6.07) is 0. The van der Waals surface area contributed by atoms with Crippen LogP contribution in [-0.2, 0) is 6.42 Å². The Bertz CT molecular complexity index is 379. The van der Waals surface area contributed by atoms with Crippen molar-refractivity contribution in [1.29, 1.82) is 0 Å². The molecule has 19 heavy (non-hydrogen) atoms. The van der Waals surface area contributed by atoms with E-state index < -0.39 is 0 Å². The maximum Gasteiger partial charge on any atom is 0.226 e. The summed E-state index contributed by atoms with van der Waals surface area (Å²) in [6.45, 7) is 6.41. The van der Waals surface area contributed by atoms with Gasteiger partial charge in [-0.3, -0.25) is 0 Å². The fourth-order valence-corrected chi connectivity index (χ4v) is 2.91. The molecule has 0 aliphatic heterocycles. The topological polar surface area (TPSA) is 59.2 Å². The first-order chi connectivity index (χ1) is 9.06. The number of aryl methyl sites for hydroxylation is 1. The number of nitrogens with zero attached hydrogens (tertiary/aromatic N) is 2. The number of hydrogen-bond acceptors (Lipinski definition) is 4. The van der Waals surface area contributed by atoms with Crippen molar-refractivity contribution in [3.05, 3.63) is 11.7 Å². The van der Waals surface area contributed by atoms with Gasteiger partial charge >= 0.3 is 0 Å². The van der Waals surface area contributed by atoms with E-state index in [4.69, 9.17) is 4.52 Å². The van der Waals surface area contributed by atoms with Crippen LogP contribution in [0.3, 0.4) is 0 Å².